The second-order valence-corrected chi connectivity index (χ2v) is 1.18. The van der Waals surface area contributed by atoms with Crippen molar-refractivity contribution in [3.8, 4) is 0 Å². The Balaban J connectivity index is 2.75. The maximum Gasteiger partial charge on any atom is 0.0594 e. The van der Waals surface area contributed by atoms with E-state index in [0.29, 0.717) is 6.54 Å². The zero-order chi connectivity index (χ0) is 4.99. The molecular formula is C3H10N2O. The number of hydrogen-bond acceptors (Lipinski definition) is 3. The predicted octanol–water partition coefficient (Wildman–Crippen LogP) is -1.74. The quantitative estimate of drug-likeness (QED) is 0.377. The van der Waals surface area contributed by atoms with E-state index in [-0.39, 0.29) is 12.6 Å². The summed E-state index contributed by atoms with van der Waals surface area (Å²) >= 11 is 0. The molecule has 6 heavy (non-hydrogen) atoms. The van der Waals surface area contributed by atoms with Crippen LogP contribution in [0.5, 0.6) is 0 Å². The lowest BCUT2D eigenvalue weighted by molar-refractivity contribution is 0.268. The molecule has 0 aromatic rings. The summed E-state index contributed by atoms with van der Waals surface area (Å²) in [5, 5.41) is 8.13. The van der Waals surface area contributed by atoms with Crippen LogP contribution < -0.4 is 11.5 Å². The maximum absolute atomic E-state index is 8.13. The van der Waals surface area contributed by atoms with E-state index in [1.165, 1.54) is 0 Å². The van der Waals surface area contributed by atoms with Crippen molar-refractivity contribution in [3.63, 3.8) is 0 Å². The fraction of sp³-hybridized carbons (Fsp3) is 1.00. The first-order valence-electron chi connectivity index (χ1n) is 1.87. The summed E-state index contributed by atoms with van der Waals surface area (Å²) in [5.41, 5.74) is 10.1. The number of rotatable bonds is 2. The van der Waals surface area contributed by atoms with Crippen molar-refractivity contribution in [1.82, 2.24) is 0 Å². The van der Waals surface area contributed by atoms with Crippen LogP contribution in [0.15, 0.2) is 0 Å². The normalized spacial score (nSPS) is 14.5. The SMILES string of the molecule is NC[C@@H](N)CO. The molecule has 0 amide bonds. The zero-order valence-corrected chi connectivity index (χ0v) is 3.59. The first kappa shape index (κ1) is 5.88. The Kier molecular flexibility index (Phi) is 3.02. The molecule has 3 heteroatoms. The minimum Gasteiger partial charge on any atom is -0.395 e. The molecule has 5 N–H and O–H groups in total. The van der Waals surface area contributed by atoms with Crippen molar-refractivity contribution >= 4 is 0 Å². The molecule has 0 bridgehead atoms. The van der Waals surface area contributed by atoms with Gasteiger partial charge in [-0.15, -0.1) is 0 Å². The minimum atomic E-state index is -0.231. The van der Waals surface area contributed by atoms with E-state index in [2.05, 4.69) is 0 Å². The van der Waals surface area contributed by atoms with Gasteiger partial charge in [0, 0.05) is 12.6 Å². The first-order valence-corrected chi connectivity index (χ1v) is 1.87. The van der Waals surface area contributed by atoms with Gasteiger partial charge in [0.1, 0.15) is 0 Å². The van der Waals surface area contributed by atoms with Gasteiger partial charge in [0.15, 0.2) is 0 Å². The Morgan fingerprint density at radius 3 is 2.17 bits per heavy atom. The van der Waals surface area contributed by atoms with Gasteiger partial charge in [0.25, 0.3) is 0 Å². The van der Waals surface area contributed by atoms with Gasteiger partial charge in [0.2, 0.25) is 0 Å². The summed E-state index contributed by atoms with van der Waals surface area (Å²) in [6.45, 7) is 0.340. The van der Waals surface area contributed by atoms with Crippen molar-refractivity contribution in [3.05, 3.63) is 0 Å². The third-order valence-electron chi connectivity index (χ3n) is 0.537. The number of nitrogens with two attached hydrogens (primary N) is 2. The monoisotopic (exact) mass is 90.1 g/mol. The minimum absolute atomic E-state index is 0.0174. The second-order valence-electron chi connectivity index (χ2n) is 1.18. The van der Waals surface area contributed by atoms with Gasteiger partial charge in [-0.05, 0) is 0 Å². The lowest BCUT2D eigenvalue weighted by atomic mass is 10.3. The van der Waals surface area contributed by atoms with E-state index in [9.17, 15) is 0 Å². The van der Waals surface area contributed by atoms with E-state index >= 15 is 0 Å². The fourth-order valence-corrected chi connectivity index (χ4v) is 0.0745. The molecule has 0 aliphatic heterocycles. The lowest BCUT2D eigenvalue weighted by Gasteiger charge is -1.99. The topological polar surface area (TPSA) is 72.3 Å². The number of aliphatic hydroxyl groups excluding tert-OH is 1. The molecule has 3 nitrogen and oxygen atoms in total. The first-order chi connectivity index (χ1) is 2.81. The van der Waals surface area contributed by atoms with Crippen LogP contribution in [0, 0.1) is 0 Å². The number of aliphatic hydroxyl groups is 1. The van der Waals surface area contributed by atoms with Gasteiger partial charge in [-0.3, -0.25) is 0 Å². The molecule has 0 heterocycles. The Morgan fingerprint density at radius 2 is 2.17 bits per heavy atom. The second kappa shape index (κ2) is 3.08. The molecule has 38 valence electrons. The molecule has 0 aliphatic rings. The standard InChI is InChI=1S/C3H10N2O/c4-1-3(5)2-6/h3,6H,1-2,4-5H2/t3-/m1/s1. The van der Waals surface area contributed by atoms with Crippen LogP contribution in [-0.4, -0.2) is 24.3 Å². The fourth-order valence-electron chi connectivity index (χ4n) is 0.0745. The van der Waals surface area contributed by atoms with E-state index in [1.54, 1.807) is 0 Å². The molecule has 1 atom stereocenters. The van der Waals surface area contributed by atoms with E-state index in [1.807, 2.05) is 0 Å². The van der Waals surface area contributed by atoms with Gasteiger partial charge in [-0.25, -0.2) is 0 Å². The Bertz CT molecular complexity index is 28.0. The van der Waals surface area contributed by atoms with Crippen molar-refractivity contribution in [2.75, 3.05) is 13.2 Å². The highest BCUT2D eigenvalue weighted by molar-refractivity contribution is 4.56. The Hall–Kier alpha value is -0.120. The van der Waals surface area contributed by atoms with Crippen molar-refractivity contribution in [2.45, 2.75) is 6.04 Å². The highest BCUT2D eigenvalue weighted by atomic mass is 16.3. The van der Waals surface area contributed by atoms with Gasteiger partial charge >= 0.3 is 0 Å². The van der Waals surface area contributed by atoms with Crippen LogP contribution in [-0.2, 0) is 0 Å². The molecule has 0 aliphatic carbocycles. The average Bonchev–Trinajstić information content (AvgIpc) is 1.65. The molecule has 0 aromatic heterocycles. The smallest absolute Gasteiger partial charge is 0.0594 e. The van der Waals surface area contributed by atoms with Crippen LogP contribution in [0.2, 0.25) is 0 Å². The van der Waals surface area contributed by atoms with E-state index < -0.39 is 0 Å². The van der Waals surface area contributed by atoms with Gasteiger partial charge in [0.05, 0.1) is 6.61 Å². The van der Waals surface area contributed by atoms with Gasteiger partial charge in [-0.1, -0.05) is 0 Å². The molecule has 0 rings (SSSR count). The van der Waals surface area contributed by atoms with Crippen LogP contribution in [0.4, 0.5) is 0 Å². The number of hydrogen-bond donors (Lipinski definition) is 3. The molecule has 0 saturated heterocycles. The Labute approximate surface area is 36.9 Å². The summed E-state index contributed by atoms with van der Waals surface area (Å²) in [6.07, 6.45) is 0. The molecular weight excluding hydrogens is 80.0 g/mol. The summed E-state index contributed by atoms with van der Waals surface area (Å²) < 4.78 is 0. The summed E-state index contributed by atoms with van der Waals surface area (Å²) in [4.78, 5) is 0. The van der Waals surface area contributed by atoms with Gasteiger partial charge in [-0.2, -0.15) is 0 Å². The molecule has 0 fully saturated rings. The molecule has 0 aromatic carbocycles. The molecule has 0 spiro atoms. The lowest BCUT2D eigenvalue weighted by Crippen LogP contribution is -2.32. The van der Waals surface area contributed by atoms with Crippen molar-refractivity contribution < 1.29 is 5.11 Å². The van der Waals surface area contributed by atoms with Crippen molar-refractivity contribution in [1.29, 1.82) is 0 Å². The van der Waals surface area contributed by atoms with Crippen LogP contribution in [0.25, 0.3) is 0 Å². The van der Waals surface area contributed by atoms with Crippen molar-refractivity contribution in [2.24, 2.45) is 11.5 Å². The Morgan fingerprint density at radius 1 is 1.67 bits per heavy atom. The van der Waals surface area contributed by atoms with Crippen LogP contribution in [0.1, 0.15) is 0 Å². The van der Waals surface area contributed by atoms with Crippen LogP contribution >= 0.6 is 0 Å². The molecule has 0 radical (unpaired) electrons. The average molecular weight is 90.1 g/mol. The zero-order valence-electron chi connectivity index (χ0n) is 3.59. The maximum atomic E-state index is 8.13. The molecule has 0 unspecified atom stereocenters. The van der Waals surface area contributed by atoms with E-state index in [0.717, 1.165) is 0 Å². The third kappa shape index (κ3) is 2.14. The molecule has 0 saturated carbocycles. The summed E-state index contributed by atoms with van der Waals surface area (Å²) in [5.74, 6) is 0. The van der Waals surface area contributed by atoms with Crippen LogP contribution in [0.3, 0.4) is 0 Å². The van der Waals surface area contributed by atoms with Gasteiger partial charge < -0.3 is 16.6 Å². The highest BCUT2D eigenvalue weighted by Crippen LogP contribution is 1.63. The summed E-state index contributed by atoms with van der Waals surface area (Å²) in [7, 11) is 0. The largest absolute Gasteiger partial charge is 0.395 e. The highest BCUT2D eigenvalue weighted by Gasteiger charge is 1.90. The summed E-state index contributed by atoms with van der Waals surface area (Å²) in [6, 6.07) is -0.231. The predicted molar refractivity (Wildman–Crippen MR) is 24.1 cm³/mol. The third-order valence-corrected chi connectivity index (χ3v) is 0.537. The van der Waals surface area contributed by atoms with E-state index in [4.69, 9.17) is 16.6 Å².